The van der Waals surface area contributed by atoms with Crippen LogP contribution in [0, 0.1) is 11.8 Å². The molecule has 1 aromatic rings. The first-order chi connectivity index (χ1) is 14.2. The molecule has 0 aromatic carbocycles. The Balaban J connectivity index is 1.88. The molecule has 1 aliphatic rings. The van der Waals surface area contributed by atoms with Crippen LogP contribution in [0.2, 0.25) is 0 Å². The van der Waals surface area contributed by atoms with Gasteiger partial charge < -0.3 is 15.4 Å². The Bertz CT molecular complexity index is 561. The van der Waals surface area contributed by atoms with Crippen molar-refractivity contribution in [2.24, 2.45) is 11.8 Å². The predicted molar refractivity (Wildman–Crippen MR) is 122 cm³/mol. The average Bonchev–Trinajstić information content (AvgIpc) is 3.24. The number of unbranched alkanes of at least 4 members (excludes halogenated alkanes) is 5. The molecule has 3 N–H and O–H groups in total. The molecule has 29 heavy (non-hydrogen) atoms. The Morgan fingerprint density at radius 2 is 1.90 bits per heavy atom. The molecule has 164 valence electrons. The fourth-order valence-corrected chi connectivity index (χ4v) is 4.84. The van der Waals surface area contributed by atoms with E-state index in [4.69, 9.17) is 5.11 Å². The van der Waals surface area contributed by atoms with E-state index in [1.165, 1.54) is 89.5 Å². The summed E-state index contributed by atoms with van der Waals surface area (Å²) in [6.07, 6.45) is 23.6. The first-order valence-corrected chi connectivity index (χ1v) is 12.0. The highest BCUT2D eigenvalue weighted by Gasteiger charge is 2.24. The van der Waals surface area contributed by atoms with Crippen LogP contribution in [0.1, 0.15) is 96.8 Å². The van der Waals surface area contributed by atoms with Gasteiger partial charge in [0.15, 0.2) is 0 Å². The number of anilines is 1. The van der Waals surface area contributed by atoms with Crippen LogP contribution < -0.4 is 5.32 Å². The number of carboxylic acid groups (broad SMARTS) is 1. The number of aromatic amines is 1. The third-order valence-electron chi connectivity index (χ3n) is 6.50. The third-order valence-corrected chi connectivity index (χ3v) is 6.50. The summed E-state index contributed by atoms with van der Waals surface area (Å²) in [5, 5.41) is 12.5. The monoisotopic (exact) mass is 402 g/mol. The average molecular weight is 403 g/mol. The summed E-state index contributed by atoms with van der Waals surface area (Å²) >= 11 is 0. The van der Waals surface area contributed by atoms with Crippen molar-refractivity contribution >= 4 is 11.8 Å². The zero-order valence-electron chi connectivity index (χ0n) is 18.4. The molecular formula is C25H42N2O2. The lowest BCUT2D eigenvalue weighted by molar-refractivity contribution is -0.131. The van der Waals surface area contributed by atoms with E-state index in [1.54, 1.807) is 0 Å². The highest BCUT2D eigenvalue weighted by atomic mass is 16.4. The summed E-state index contributed by atoms with van der Waals surface area (Å²) < 4.78 is 0. The SMILES string of the molecule is CCCCCCCCC(CCC(C=CC(=O)O)Nc1ccc[nH]1)C1CCCCC1. The van der Waals surface area contributed by atoms with E-state index in [0.717, 1.165) is 24.1 Å². The van der Waals surface area contributed by atoms with E-state index in [-0.39, 0.29) is 6.04 Å². The number of hydrogen-bond acceptors (Lipinski definition) is 2. The Labute approximate surface area is 177 Å². The Morgan fingerprint density at radius 3 is 2.59 bits per heavy atom. The van der Waals surface area contributed by atoms with Crippen LogP contribution in [0.3, 0.4) is 0 Å². The molecule has 1 fully saturated rings. The van der Waals surface area contributed by atoms with Crippen LogP contribution in [0.5, 0.6) is 0 Å². The van der Waals surface area contributed by atoms with Crippen molar-refractivity contribution in [3.05, 3.63) is 30.5 Å². The van der Waals surface area contributed by atoms with E-state index in [1.807, 2.05) is 24.4 Å². The van der Waals surface area contributed by atoms with Gasteiger partial charge in [0, 0.05) is 18.3 Å². The van der Waals surface area contributed by atoms with Gasteiger partial charge >= 0.3 is 5.97 Å². The lowest BCUT2D eigenvalue weighted by Crippen LogP contribution is -2.23. The van der Waals surface area contributed by atoms with Crippen LogP contribution in [0.15, 0.2) is 30.5 Å². The number of rotatable bonds is 15. The van der Waals surface area contributed by atoms with Crippen molar-refractivity contribution in [2.75, 3.05) is 5.32 Å². The maximum absolute atomic E-state index is 11.0. The molecule has 2 atom stereocenters. The minimum atomic E-state index is -0.876. The second-order valence-electron chi connectivity index (χ2n) is 8.82. The molecule has 1 heterocycles. The van der Waals surface area contributed by atoms with Gasteiger partial charge in [-0.1, -0.05) is 90.0 Å². The number of H-pyrrole nitrogens is 1. The normalized spacial score (nSPS) is 17.4. The number of nitrogens with one attached hydrogen (secondary N) is 2. The second kappa shape index (κ2) is 14.3. The van der Waals surface area contributed by atoms with Gasteiger partial charge in [-0.05, 0) is 36.8 Å². The maximum Gasteiger partial charge on any atom is 0.328 e. The maximum atomic E-state index is 11.0. The van der Waals surface area contributed by atoms with Gasteiger partial charge in [-0.25, -0.2) is 4.79 Å². The van der Waals surface area contributed by atoms with E-state index in [0.29, 0.717) is 0 Å². The fraction of sp³-hybridized carbons (Fsp3) is 0.720. The summed E-state index contributed by atoms with van der Waals surface area (Å²) in [6, 6.07) is 4.01. The number of hydrogen-bond donors (Lipinski definition) is 3. The first-order valence-electron chi connectivity index (χ1n) is 12.0. The molecule has 0 saturated heterocycles. The van der Waals surface area contributed by atoms with Gasteiger partial charge in [0.25, 0.3) is 0 Å². The number of aromatic nitrogens is 1. The van der Waals surface area contributed by atoms with E-state index in [2.05, 4.69) is 17.2 Å². The number of carbonyl (C=O) groups is 1. The van der Waals surface area contributed by atoms with Crippen molar-refractivity contribution in [3.63, 3.8) is 0 Å². The molecule has 0 aliphatic heterocycles. The number of aliphatic carboxylic acids is 1. The minimum Gasteiger partial charge on any atom is -0.478 e. The van der Waals surface area contributed by atoms with Crippen LogP contribution in [0.25, 0.3) is 0 Å². The molecule has 1 aromatic heterocycles. The molecule has 2 rings (SSSR count). The van der Waals surface area contributed by atoms with Gasteiger partial charge in [-0.15, -0.1) is 0 Å². The van der Waals surface area contributed by atoms with Gasteiger partial charge in [-0.2, -0.15) is 0 Å². The van der Waals surface area contributed by atoms with E-state index >= 15 is 0 Å². The molecule has 2 unspecified atom stereocenters. The fourth-order valence-electron chi connectivity index (χ4n) is 4.84. The molecule has 4 heteroatoms. The Kier molecular flexibility index (Phi) is 11.6. The van der Waals surface area contributed by atoms with Crippen molar-refractivity contribution in [1.29, 1.82) is 0 Å². The molecular weight excluding hydrogens is 360 g/mol. The van der Waals surface area contributed by atoms with Crippen molar-refractivity contribution in [2.45, 2.75) is 103 Å². The molecule has 0 spiro atoms. The third kappa shape index (κ3) is 10.0. The molecule has 0 radical (unpaired) electrons. The van der Waals surface area contributed by atoms with Crippen molar-refractivity contribution in [1.82, 2.24) is 4.98 Å². The Hall–Kier alpha value is -1.71. The molecule has 1 aliphatic carbocycles. The molecule has 4 nitrogen and oxygen atoms in total. The minimum absolute atomic E-state index is 0.0559. The molecule has 0 bridgehead atoms. The van der Waals surface area contributed by atoms with E-state index in [9.17, 15) is 4.79 Å². The summed E-state index contributed by atoms with van der Waals surface area (Å²) in [5.41, 5.74) is 0. The molecule has 0 amide bonds. The van der Waals surface area contributed by atoms with E-state index < -0.39 is 5.97 Å². The van der Waals surface area contributed by atoms with Crippen LogP contribution >= 0.6 is 0 Å². The largest absolute Gasteiger partial charge is 0.478 e. The summed E-state index contributed by atoms with van der Waals surface area (Å²) in [4.78, 5) is 14.2. The topological polar surface area (TPSA) is 65.1 Å². The predicted octanol–water partition coefficient (Wildman–Crippen LogP) is 7.16. The summed E-state index contributed by atoms with van der Waals surface area (Å²) in [7, 11) is 0. The van der Waals surface area contributed by atoms with Crippen molar-refractivity contribution < 1.29 is 9.90 Å². The van der Waals surface area contributed by atoms with Gasteiger partial charge in [0.05, 0.1) is 0 Å². The molecule has 1 saturated carbocycles. The highest BCUT2D eigenvalue weighted by Crippen LogP contribution is 2.36. The zero-order chi connectivity index (χ0) is 20.7. The highest BCUT2D eigenvalue weighted by molar-refractivity contribution is 5.79. The van der Waals surface area contributed by atoms with Crippen LogP contribution in [0.4, 0.5) is 5.82 Å². The van der Waals surface area contributed by atoms with Gasteiger partial charge in [0.1, 0.15) is 5.82 Å². The summed E-state index contributed by atoms with van der Waals surface area (Å²) in [6.45, 7) is 2.27. The van der Waals surface area contributed by atoms with Crippen LogP contribution in [-0.4, -0.2) is 22.1 Å². The van der Waals surface area contributed by atoms with Gasteiger partial charge in [-0.3, -0.25) is 0 Å². The van der Waals surface area contributed by atoms with Gasteiger partial charge in [0.2, 0.25) is 0 Å². The second-order valence-corrected chi connectivity index (χ2v) is 8.82. The lowest BCUT2D eigenvalue weighted by Gasteiger charge is -2.31. The quantitative estimate of drug-likeness (QED) is 0.215. The Morgan fingerprint density at radius 1 is 1.14 bits per heavy atom. The van der Waals surface area contributed by atoms with Crippen molar-refractivity contribution in [3.8, 4) is 0 Å². The van der Waals surface area contributed by atoms with Crippen LogP contribution in [-0.2, 0) is 4.79 Å². The zero-order valence-corrected chi connectivity index (χ0v) is 18.4. The number of carboxylic acids is 1. The summed E-state index contributed by atoms with van der Waals surface area (Å²) in [5.74, 6) is 1.73. The first kappa shape index (κ1) is 23.6. The standard InChI is InChI=1S/C25H42N2O2/c1-2-3-4-5-6-8-14-22(21-12-9-7-10-13-21)16-17-23(18-19-25(28)29)27-24-15-11-20-26-24/h11,15,18-23,26-27H,2-10,12-14,16-17H2,1H3,(H,28,29). The smallest absolute Gasteiger partial charge is 0.328 e. The lowest BCUT2D eigenvalue weighted by atomic mass is 9.75.